The number of carbonyl (C=O) groups excluding carboxylic acids is 1. The lowest BCUT2D eigenvalue weighted by molar-refractivity contribution is -0.116. The SMILES string of the molecule is CC(C)c1ccc(NC(=O)Cn2c(=O)c(=O)[nH]c3cc(F)ccc32)cc1. The Morgan fingerprint density at radius 2 is 1.85 bits per heavy atom. The fraction of sp³-hybridized carbons (Fsp3) is 0.211. The average molecular weight is 355 g/mol. The second-order valence-corrected chi connectivity index (χ2v) is 6.33. The zero-order valence-electron chi connectivity index (χ0n) is 14.4. The Kier molecular flexibility index (Phi) is 4.71. The van der Waals surface area contributed by atoms with Gasteiger partial charge in [0.25, 0.3) is 0 Å². The quantitative estimate of drug-likeness (QED) is 0.706. The van der Waals surface area contributed by atoms with Crippen LogP contribution in [-0.4, -0.2) is 15.5 Å². The van der Waals surface area contributed by atoms with Crippen molar-refractivity contribution in [3.63, 3.8) is 0 Å². The molecule has 26 heavy (non-hydrogen) atoms. The number of hydrogen-bond acceptors (Lipinski definition) is 3. The molecule has 0 atom stereocenters. The minimum Gasteiger partial charge on any atom is -0.325 e. The maximum Gasteiger partial charge on any atom is 0.317 e. The lowest BCUT2D eigenvalue weighted by atomic mass is 10.0. The van der Waals surface area contributed by atoms with E-state index in [1.807, 2.05) is 12.1 Å². The van der Waals surface area contributed by atoms with Crippen molar-refractivity contribution in [2.45, 2.75) is 26.3 Å². The van der Waals surface area contributed by atoms with E-state index in [2.05, 4.69) is 24.1 Å². The summed E-state index contributed by atoms with van der Waals surface area (Å²) in [5.74, 6) is -0.630. The molecule has 0 radical (unpaired) electrons. The van der Waals surface area contributed by atoms with Crippen molar-refractivity contribution < 1.29 is 9.18 Å². The zero-order valence-corrected chi connectivity index (χ0v) is 14.4. The number of rotatable bonds is 4. The first kappa shape index (κ1) is 17.6. The number of aromatic amines is 1. The molecule has 7 heteroatoms. The lowest BCUT2D eigenvalue weighted by Gasteiger charge is -2.11. The molecule has 0 unspecified atom stereocenters. The van der Waals surface area contributed by atoms with Crippen LogP contribution in [0.2, 0.25) is 0 Å². The number of carbonyl (C=O) groups is 1. The van der Waals surface area contributed by atoms with Crippen LogP contribution in [0.4, 0.5) is 10.1 Å². The predicted molar refractivity (Wildman–Crippen MR) is 97.9 cm³/mol. The molecule has 3 rings (SSSR count). The fourth-order valence-corrected chi connectivity index (χ4v) is 2.70. The van der Waals surface area contributed by atoms with Gasteiger partial charge in [0.05, 0.1) is 11.0 Å². The predicted octanol–water partition coefficient (Wildman–Crippen LogP) is 2.59. The highest BCUT2D eigenvalue weighted by Gasteiger charge is 2.12. The van der Waals surface area contributed by atoms with Crippen LogP contribution in [0.5, 0.6) is 0 Å². The van der Waals surface area contributed by atoms with E-state index in [4.69, 9.17) is 0 Å². The first-order chi connectivity index (χ1) is 12.3. The van der Waals surface area contributed by atoms with Gasteiger partial charge in [0.15, 0.2) is 0 Å². The molecule has 1 amide bonds. The summed E-state index contributed by atoms with van der Waals surface area (Å²) in [6.07, 6.45) is 0. The van der Waals surface area contributed by atoms with Crippen LogP contribution in [0.25, 0.3) is 11.0 Å². The van der Waals surface area contributed by atoms with Gasteiger partial charge in [-0.25, -0.2) is 4.39 Å². The highest BCUT2D eigenvalue weighted by molar-refractivity contribution is 5.91. The first-order valence-corrected chi connectivity index (χ1v) is 8.17. The second kappa shape index (κ2) is 6.95. The van der Waals surface area contributed by atoms with Crippen LogP contribution in [0.15, 0.2) is 52.1 Å². The number of anilines is 1. The number of benzene rings is 2. The smallest absolute Gasteiger partial charge is 0.317 e. The van der Waals surface area contributed by atoms with Crippen LogP contribution >= 0.6 is 0 Å². The van der Waals surface area contributed by atoms with Crippen LogP contribution in [0.1, 0.15) is 25.3 Å². The molecule has 0 aliphatic rings. The van der Waals surface area contributed by atoms with Gasteiger partial charge < -0.3 is 10.3 Å². The highest BCUT2D eigenvalue weighted by atomic mass is 19.1. The second-order valence-electron chi connectivity index (χ2n) is 6.33. The maximum atomic E-state index is 13.4. The normalized spacial score (nSPS) is 11.1. The summed E-state index contributed by atoms with van der Waals surface area (Å²) in [4.78, 5) is 38.5. The number of fused-ring (bicyclic) bond motifs is 1. The number of H-pyrrole nitrogens is 1. The highest BCUT2D eigenvalue weighted by Crippen LogP contribution is 2.17. The molecule has 0 bridgehead atoms. The van der Waals surface area contributed by atoms with Crippen molar-refractivity contribution in [1.29, 1.82) is 0 Å². The van der Waals surface area contributed by atoms with Crippen molar-refractivity contribution >= 4 is 22.6 Å². The summed E-state index contributed by atoms with van der Waals surface area (Å²) in [7, 11) is 0. The Bertz CT molecular complexity index is 1080. The summed E-state index contributed by atoms with van der Waals surface area (Å²) in [6, 6.07) is 11.0. The molecule has 134 valence electrons. The maximum absolute atomic E-state index is 13.4. The summed E-state index contributed by atoms with van der Waals surface area (Å²) in [6.45, 7) is 3.79. The largest absolute Gasteiger partial charge is 0.325 e. The van der Waals surface area contributed by atoms with E-state index >= 15 is 0 Å². The average Bonchev–Trinajstić information content (AvgIpc) is 2.59. The van der Waals surface area contributed by atoms with E-state index in [0.717, 1.165) is 16.2 Å². The van der Waals surface area contributed by atoms with Gasteiger partial charge in [-0.05, 0) is 41.8 Å². The topological polar surface area (TPSA) is 84.0 Å². The summed E-state index contributed by atoms with van der Waals surface area (Å²) >= 11 is 0. The Hall–Kier alpha value is -3.22. The number of nitrogens with zero attached hydrogens (tertiary/aromatic N) is 1. The Balaban J connectivity index is 1.88. The lowest BCUT2D eigenvalue weighted by Crippen LogP contribution is -2.38. The van der Waals surface area contributed by atoms with Gasteiger partial charge in [-0.15, -0.1) is 0 Å². The molecule has 0 spiro atoms. The molecule has 0 saturated heterocycles. The van der Waals surface area contributed by atoms with Gasteiger partial charge in [-0.3, -0.25) is 19.0 Å². The van der Waals surface area contributed by atoms with E-state index in [1.54, 1.807) is 12.1 Å². The fourth-order valence-electron chi connectivity index (χ4n) is 2.70. The molecule has 0 fully saturated rings. The van der Waals surface area contributed by atoms with Crippen LogP contribution in [-0.2, 0) is 11.3 Å². The van der Waals surface area contributed by atoms with Crippen molar-refractivity contribution in [2.75, 3.05) is 5.32 Å². The summed E-state index contributed by atoms with van der Waals surface area (Å²) in [5.41, 5.74) is 0.395. The summed E-state index contributed by atoms with van der Waals surface area (Å²) in [5, 5.41) is 2.69. The number of amides is 1. The van der Waals surface area contributed by atoms with E-state index in [9.17, 15) is 18.8 Å². The molecule has 0 aliphatic carbocycles. The number of aromatic nitrogens is 2. The Morgan fingerprint density at radius 1 is 1.15 bits per heavy atom. The molecule has 6 nitrogen and oxygen atoms in total. The number of nitrogens with one attached hydrogen (secondary N) is 2. The van der Waals surface area contributed by atoms with E-state index in [1.165, 1.54) is 12.1 Å². The van der Waals surface area contributed by atoms with Gasteiger partial charge in [0.2, 0.25) is 5.91 Å². The van der Waals surface area contributed by atoms with Gasteiger partial charge >= 0.3 is 11.1 Å². The molecule has 2 N–H and O–H groups in total. The first-order valence-electron chi connectivity index (χ1n) is 8.17. The minimum atomic E-state index is -0.905. The van der Waals surface area contributed by atoms with Crippen LogP contribution in [0, 0.1) is 5.82 Å². The standard InChI is InChI=1S/C19H18FN3O3/c1-11(2)12-3-6-14(7-4-12)21-17(24)10-23-16-8-5-13(20)9-15(16)22-18(25)19(23)26/h3-9,11H,10H2,1-2H3,(H,21,24)(H,22,25). The number of hydrogen-bond donors (Lipinski definition) is 2. The van der Waals surface area contributed by atoms with Crippen LogP contribution in [0.3, 0.4) is 0 Å². The van der Waals surface area contributed by atoms with Crippen molar-refractivity contribution in [2.24, 2.45) is 0 Å². The van der Waals surface area contributed by atoms with Crippen LogP contribution < -0.4 is 16.4 Å². The van der Waals surface area contributed by atoms with E-state index in [0.29, 0.717) is 11.6 Å². The van der Waals surface area contributed by atoms with Crippen molar-refractivity contribution in [1.82, 2.24) is 9.55 Å². The summed E-state index contributed by atoms with van der Waals surface area (Å²) < 4.78 is 14.4. The molecular formula is C19H18FN3O3. The molecular weight excluding hydrogens is 337 g/mol. The Morgan fingerprint density at radius 3 is 2.50 bits per heavy atom. The monoisotopic (exact) mass is 355 g/mol. The third kappa shape index (κ3) is 3.56. The Labute approximate surface area is 148 Å². The third-order valence-electron chi connectivity index (χ3n) is 4.10. The molecule has 3 aromatic rings. The van der Waals surface area contributed by atoms with Crippen molar-refractivity contribution in [3.05, 3.63) is 74.6 Å². The van der Waals surface area contributed by atoms with Crippen molar-refractivity contribution in [3.8, 4) is 0 Å². The molecule has 1 aromatic heterocycles. The molecule has 0 aliphatic heterocycles. The minimum absolute atomic E-state index is 0.156. The molecule has 1 heterocycles. The van der Waals surface area contributed by atoms with Gasteiger partial charge in [0, 0.05) is 5.69 Å². The molecule has 0 saturated carbocycles. The van der Waals surface area contributed by atoms with E-state index in [-0.39, 0.29) is 17.6 Å². The van der Waals surface area contributed by atoms with Gasteiger partial charge in [0.1, 0.15) is 12.4 Å². The third-order valence-corrected chi connectivity index (χ3v) is 4.10. The van der Waals surface area contributed by atoms with E-state index < -0.39 is 22.8 Å². The van der Waals surface area contributed by atoms with Gasteiger partial charge in [-0.1, -0.05) is 26.0 Å². The zero-order chi connectivity index (χ0) is 18.8. The number of halogens is 1. The van der Waals surface area contributed by atoms with Gasteiger partial charge in [-0.2, -0.15) is 0 Å². The molecule has 2 aromatic carbocycles.